The molecule has 0 amide bonds. The Morgan fingerprint density at radius 2 is 1.58 bits per heavy atom. The average Bonchev–Trinajstić information content (AvgIpc) is 3.00. The van der Waals surface area contributed by atoms with Crippen LogP contribution in [0.1, 0.15) is 5.56 Å². The van der Waals surface area contributed by atoms with Gasteiger partial charge in [-0.05, 0) is 53.3 Å². The van der Waals surface area contributed by atoms with Gasteiger partial charge in [0.2, 0.25) is 0 Å². The van der Waals surface area contributed by atoms with Crippen molar-refractivity contribution < 1.29 is 4.42 Å². The Balaban J connectivity index is 2.03. The maximum absolute atomic E-state index is 6.34. The highest BCUT2D eigenvalue weighted by molar-refractivity contribution is 8.35. The van der Waals surface area contributed by atoms with Crippen molar-refractivity contribution in [2.24, 2.45) is 0 Å². The van der Waals surface area contributed by atoms with E-state index in [1.54, 1.807) is 0 Å². The van der Waals surface area contributed by atoms with Gasteiger partial charge in [-0.25, -0.2) is 0 Å². The SMILES string of the molecule is CS(C)(C)C#Cc1ccccc1-c1cccc2oc3c(Cl)cccc3c12. The Morgan fingerprint density at radius 3 is 2.38 bits per heavy atom. The average molecular weight is 379 g/mol. The Bertz CT molecular complexity index is 1190. The highest BCUT2D eigenvalue weighted by Gasteiger charge is 2.15. The van der Waals surface area contributed by atoms with Crippen LogP contribution in [0.15, 0.2) is 65.1 Å². The van der Waals surface area contributed by atoms with E-state index in [0.29, 0.717) is 5.02 Å². The molecule has 0 radical (unpaired) electrons. The van der Waals surface area contributed by atoms with Crippen LogP contribution in [0.25, 0.3) is 33.1 Å². The van der Waals surface area contributed by atoms with Crippen molar-refractivity contribution >= 4 is 43.6 Å². The molecule has 0 aliphatic rings. The second-order valence-electron chi connectivity index (χ2n) is 7.01. The summed E-state index contributed by atoms with van der Waals surface area (Å²) in [6.07, 6.45) is 6.61. The van der Waals surface area contributed by atoms with Crippen molar-refractivity contribution in [3.63, 3.8) is 0 Å². The summed E-state index contributed by atoms with van der Waals surface area (Å²) in [5.74, 6) is 3.40. The van der Waals surface area contributed by atoms with Crippen molar-refractivity contribution in [1.82, 2.24) is 0 Å². The molecule has 0 aliphatic heterocycles. The lowest BCUT2D eigenvalue weighted by molar-refractivity contribution is 0.669. The lowest BCUT2D eigenvalue weighted by Gasteiger charge is -2.15. The number of furan rings is 1. The van der Waals surface area contributed by atoms with Crippen molar-refractivity contribution in [2.45, 2.75) is 0 Å². The summed E-state index contributed by atoms with van der Waals surface area (Å²) in [4.78, 5) is 0. The summed E-state index contributed by atoms with van der Waals surface area (Å²) in [7, 11) is -0.890. The lowest BCUT2D eigenvalue weighted by Crippen LogP contribution is -1.88. The van der Waals surface area contributed by atoms with Crippen LogP contribution in [0.5, 0.6) is 0 Å². The van der Waals surface area contributed by atoms with Gasteiger partial charge in [0.15, 0.2) is 5.58 Å². The number of fused-ring (bicyclic) bond motifs is 3. The van der Waals surface area contributed by atoms with Crippen LogP contribution in [0, 0.1) is 11.2 Å². The number of hydrogen-bond donors (Lipinski definition) is 0. The lowest BCUT2D eigenvalue weighted by atomic mass is 9.96. The van der Waals surface area contributed by atoms with E-state index < -0.39 is 10.0 Å². The summed E-state index contributed by atoms with van der Waals surface area (Å²) in [5, 5.41) is 6.18. The molecule has 0 spiro atoms. The van der Waals surface area contributed by atoms with E-state index in [0.717, 1.165) is 38.6 Å². The molecule has 1 heterocycles. The van der Waals surface area contributed by atoms with Gasteiger partial charge in [-0.2, -0.15) is 10.0 Å². The van der Waals surface area contributed by atoms with Gasteiger partial charge in [-0.3, -0.25) is 0 Å². The van der Waals surface area contributed by atoms with Crippen LogP contribution in [-0.2, 0) is 0 Å². The first-order chi connectivity index (χ1) is 12.4. The number of benzene rings is 3. The third-order valence-electron chi connectivity index (χ3n) is 4.18. The van der Waals surface area contributed by atoms with E-state index in [9.17, 15) is 0 Å². The number of rotatable bonds is 1. The maximum atomic E-state index is 6.34. The van der Waals surface area contributed by atoms with Crippen molar-refractivity contribution in [2.75, 3.05) is 18.8 Å². The second kappa shape index (κ2) is 6.43. The minimum Gasteiger partial charge on any atom is -0.454 e. The quantitative estimate of drug-likeness (QED) is 0.328. The summed E-state index contributed by atoms with van der Waals surface area (Å²) in [6.45, 7) is 0. The fraction of sp³-hybridized carbons (Fsp3) is 0.130. The highest BCUT2D eigenvalue weighted by atomic mass is 35.5. The van der Waals surface area contributed by atoms with Crippen LogP contribution >= 0.6 is 21.6 Å². The third kappa shape index (κ3) is 3.09. The summed E-state index contributed by atoms with van der Waals surface area (Å²) in [6, 6.07) is 20.3. The molecule has 26 heavy (non-hydrogen) atoms. The molecular formula is C23H19ClOS. The van der Waals surface area contributed by atoms with Gasteiger partial charge in [0.05, 0.1) is 5.02 Å². The largest absolute Gasteiger partial charge is 0.454 e. The van der Waals surface area contributed by atoms with Crippen LogP contribution in [0.4, 0.5) is 0 Å². The van der Waals surface area contributed by atoms with Gasteiger partial charge in [-0.1, -0.05) is 60.0 Å². The molecule has 0 fully saturated rings. The maximum Gasteiger partial charge on any atom is 0.154 e. The van der Waals surface area contributed by atoms with E-state index in [4.69, 9.17) is 16.0 Å². The summed E-state index contributed by atoms with van der Waals surface area (Å²) < 4.78 is 6.04. The minimum atomic E-state index is -0.890. The number of halogens is 1. The molecular weight excluding hydrogens is 360 g/mol. The molecule has 1 nitrogen and oxygen atoms in total. The van der Waals surface area contributed by atoms with E-state index >= 15 is 0 Å². The predicted molar refractivity (Wildman–Crippen MR) is 116 cm³/mol. The smallest absolute Gasteiger partial charge is 0.154 e. The van der Waals surface area contributed by atoms with Crippen LogP contribution < -0.4 is 0 Å². The molecule has 0 aliphatic carbocycles. The summed E-state index contributed by atoms with van der Waals surface area (Å²) in [5.41, 5.74) is 4.86. The van der Waals surface area contributed by atoms with E-state index in [1.807, 2.05) is 30.3 Å². The first kappa shape index (κ1) is 17.1. The topological polar surface area (TPSA) is 13.1 Å². The zero-order chi connectivity index (χ0) is 18.3. The fourth-order valence-electron chi connectivity index (χ4n) is 3.07. The van der Waals surface area contributed by atoms with Gasteiger partial charge in [0, 0.05) is 16.3 Å². The molecule has 4 rings (SSSR count). The van der Waals surface area contributed by atoms with Gasteiger partial charge in [0.25, 0.3) is 0 Å². The number of hydrogen-bond acceptors (Lipinski definition) is 1. The highest BCUT2D eigenvalue weighted by Crippen LogP contribution is 2.40. The molecule has 0 N–H and O–H groups in total. The Hall–Kier alpha value is -2.34. The predicted octanol–water partition coefficient (Wildman–Crippen LogP) is 6.91. The van der Waals surface area contributed by atoms with E-state index in [2.05, 4.69) is 60.3 Å². The molecule has 1 aromatic heterocycles. The second-order valence-corrected chi connectivity index (χ2v) is 11.3. The van der Waals surface area contributed by atoms with E-state index in [1.165, 1.54) is 0 Å². The molecule has 0 bridgehead atoms. The zero-order valence-corrected chi connectivity index (χ0v) is 16.5. The molecule has 3 heteroatoms. The molecule has 3 aromatic carbocycles. The third-order valence-corrected chi connectivity index (χ3v) is 5.20. The monoisotopic (exact) mass is 378 g/mol. The van der Waals surface area contributed by atoms with Gasteiger partial charge in [0.1, 0.15) is 5.58 Å². The normalized spacial score (nSPS) is 12.2. The van der Waals surface area contributed by atoms with Gasteiger partial charge < -0.3 is 4.42 Å². The first-order valence-electron chi connectivity index (χ1n) is 8.34. The minimum absolute atomic E-state index is 0.633. The molecule has 0 saturated carbocycles. The molecule has 130 valence electrons. The number of para-hydroxylation sites is 1. The molecule has 0 saturated heterocycles. The fourth-order valence-corrected chi connectivity index (χ4v) is 3.70. The van der Waals surface area contributed by atoms with Gasteiger partial charge in [-0.15, -0.1) is 0 Å². The zero-order valence-electron chi connectivity index (χ0n) is 15.0. The Morgan fingerprint density at radius 1 is 0.846 bits per heavy atom. The Kier molecular flexibility index (Phi) is 4.23. The standard InChI is InChI=1S/C23H19ClOS/c1-26(2,3)15-14-16-8-4-5-9-17(16)18-10-7-13-21-22(18)19-11-6-12-20(24)23(19)25-21/h4-13H,1-3H3. The van der Waals surface area contributed by atoms with Crippen LogP contribution in [0.2, 0.25) is 5.02 Å². The van der Waals surface area contributed by atoms with Crippen molar-refractivity contribution in [3.05, 3.63) is 71.2 Å². The van der Waals surface area contributed by atoms with E-state index in [-0.39, 0.29) is 0 Å². The van der Waals surface area contributed by atoms with Crippen molar-refractivity contribution in [1.29, 1.82) is 0 Å². The van der Waals surface area contributed by atoms with Crippen LogP contribution in [-0.4, -0.2) is 18.8 Å². The Labute approximate surface area is 160 Å². The van der Waals surface area contributed by atoms with Crippen LogP contribution in [0.3, 0.4) is 0 Å². The van der Waals surface area contributed by atoms with Gasteiger partial charge >= 0.3 is 0 Å². The first-order valence-corrected chi connectivity index (χ1v) is 11.6. The molecule has 0 unspecified atom stereocenters. The molecule has 4 aromatic rings. The summed E-state index contributed by atoms with van der Waals surface area (Å²) >= 11 is 6.34. The molecule has 0 atom stereocenters. The van der Waals surface area contributed by atoms with Crippen molar-refractivity contribution in [3.8, 4) is 22.3 Å².